The Bertz CT molecular complexity index is 527. The van der Waals surface area contributed by atoms with Crippen LogP contribution in [0.5, 0.6) is 5.75 Å². The number of likely N-dealkylation sites (N-methyl/N-ethyl adjacent to an activating group) is 1. The van der Waals surface area contributed by atoms with E-state index >= 15 is 0 Å². The normalized spacial score (nSPS) is 11.0. The summed E-state index contributed by atoms with van der Waals surface area (Å²) in [5.41, 5.74) is 1.71. The number of fused-ring (bicyclic) bond motifs is 1. The number of hydrogen-bond acceptors (Lipinski definition) is 4. The molecule has 0 aliphatic carbocycles. The molecule has 5 heteroatoms. The average molecular weight is 208 g/mol. The van der Waals surface area contributed by atoms with Crippen LogP contribution in [0.25, 0.3) is 11.1 Å². The molecule has 0 aliphatic heterocycles. The SMILES string of the molecule is CNCCc1ccc(O)c2[nH]c(=O)oc12. The lowest BCUT2D eigenvalue weighted by Gasteiger charge is -2.01. The zero-order valence-electron chi connectivity index (χ0n) is 8.33. The quantitative estimate of drug-likeness (QED) is 0.689. The van der Waals surface area contributed by atoms with Crippen LogP contribution in [0.3, 0.4) is 0 Å². The first-order valence-corrected chi connectivity index (χ1v) is 4.70. The van der Waals surface area contributed by atoms with Gasteiger partial charge in [0, 0.05) is 0 Å². The van der Waals surface area contributed by atoms with Crippen LogP contribution in [0, 0.1) is 0 Å². The van der Waals surface area contributed by atoms with E-state index in [0.29, 0.717) is 11.1 Å². The molecule has 1 aromatic carbocycles. The summed E-state index contributed by atoms with van der Waals surface area (Å²) in [4.78, 5) is 13.5. The highest BCUT2D eigenvalue weighted by Gasteiger charge is 2.10. The summed E-state index contributed by atoms with van der Waals surface area (Å²) in [5, 5.41) is 12.5. The van der Waals surface area contributed by atoms with Gasteiger partial charge in [-0.3, -0.25) is 4.98 Å². The number of rotatable bonds is 3. The molecule has 0 amide bonds. The van der Waals surface area contributed by atoms with E-state index in [4.69, 9.17) is 4.42 Å². The molecule has 2 aromatic rings. The summed E-state index contributed by atoms with van der Waals surface area (Å²) in [7, 11) is 1.85. The molecule has 0 fully saturated rings. The Labute approximate surface area is 85.7 Å². The third-order valence-corrected chi connectivity index (χ3v) is 2.28. The molecule has 0 bridgehead atoms. The van der Waals surface area contributed by atoms with Gasteiger partial charge in [0.2, 0.25) is 0 Å². The van der Waals surface area contributed by atoms with Gasteiger partial charge in [0.25, 0.3) is 0 Å². The monoisotopic (exact) mass is 208 g/mol. The zero-order chi connectivity index (χ0) is 10.8. The second kappa shape index (κ2) is 3.78. The number of phenols is 1. The smallest absolute Gasteiger partial charge is 0.417 e. The maximum Gasteiger partial charge on any atom is 0.417 e. The fourth-order valence-electron chi connectivity index (χ4n) is 1.53. The predicted octanol–water partition coefficient (Wildman–Crippen LogP) is 0.589. The lowest BCUT2D eigenvalue weighted by Crippen LogP contribution is -2.10. The summed E-state index contributed by atoms with van der Waals surface area (Å²) in [5.74, 6) is -0.513. The van der Waals surface area contributed by atoms with E-state index in [1.54, 1.807) is 12.1 Å². The molecule has 0 aliphatic rings. The van der Waals surface area contributed by atoms with Crippen LogP contribution in [0.1, 0.15) is 5.56 Å². The van der Waals surface area contributed by atoms with E-state index in [9.17, 15) is 9.90 Å². The minimum atomic E-state index is -0.544. The van der Waals surface area contributed by atoms with Crippen LogP contribution >= 0.6 is 0 Å². The molecule has 0 saturated carbocycles. The molecule has 80 valence electrons. The maximum absolute atomic E-state index is 11.0. The third-order valence-electron chi connectivity index (χ3n) is 2.28. The topological polar surface area (TPSA) is 78.3 Å². The Kier molecular flexibility index (Phi) is 2.47. The summed E-state index contributed by atoms with van der Waals surface area (Å²) in [6, 6.07) is 3.31. The van der Waals surface area contributed by atoms with Crippen molar-refractivity contribution in [1.82, 2.24) is 10.3 Å². The number of aromatic nitrogens is 1. The van der Waals surface area contributed by atoms with Gasteiger partial charge in [0.1, 0.15) is 11.3 Å². The van der Waals surface area contributed by atoms with Gasteiger partial charge in [-0.1, -0.05) is 6.07 Å². The lowest BCUT2D eigenvalue weighted by atomic mass is 10.1. The van der Waals surface area contributed by atoms with Gasteiger partial charge in [-0.25, -0.2) is 4.79 Å². The largest absolute Gasteiger partial charge is 0.506 e. The standard InChI is InChI=1S/C10H12N2O3/c1-11-5-4-6-2-3-7(13)8-9(6)15-10(14)12-8/h2-3,11,13H,4-5H2,1H3,(H,12,14). The zero-order valence-corrected chi connectivity index (χ0v) is 8.33. The molecular formula is C10H12N2O3. The summed E-state index contributed by atoms with van der Waals surface area (Å²) in [6.45, 7) is 0.786. The maximum atomic E-state index is 11.0. The Morgan fingerprint density at radius 3 is 3.07 bits per heavy atom. The first kappa shape index (κ1) is 9.79. The molecule has 0 unspecified atom stereocenters. The average Bonchev–Trinajstić information content (AvgIpc) is 2.60. The Balaban J connectivity index is 2.55. The van der Waals surface area contributed by atoms with Crippen LogP contribution in [0.15, 0.2) is 21.3 Å². The summed E-state index contributed by atoms with van der Waals surface area (Å²) >= 11 is 0. The lowest BCUT2D eigenvalue weighted by molar-refractivity contribution is 0.480. The molecule has 3 N–H and O–H groups in total. The molecule has 2 rings (SSSR count). The number of hydrogen-bond donors (Lipinski definition) is 3. The second-order valence-electron chi connectivity index (χ2n) is 3.32. The predicted molar refractivity (Wildman–Crippen MR) is 56.1 cm³/mol. The number of oxazole rings is 1. The first-order chi connectivity index (χ1) is 7.22. The van der Waals surface area contributed by atoms with Gasteiger partial charge in [0.05, 0.1) is 0 Å². The van der Waals surface area contributed by atoms with Crippen molar-refractivity contribution in [3.63, 3.8) is 0 Å². The van der Waals surface area contributed by atoms with Crippen molar-refractivity contribution in [2.45, 2.75) is 6.42 Å². The number of H-pyrrole nitrogens is 1. The number of nitrogens with one attached hydrogen (secondary N) is 2. The third kappa shape index (κ3) is 1.73. The minimum absolute atomic E-state index is 0.0315. The highest BCUT2D eigenvalue weighted by atomic mass is 16.4. The highest BCUT2D eigenvalue weighted by Crippen LogP contribution is 2.24. The van der Waals surface area contributed by atoms with Crippen molar-refractivity contribution in [3.05, 3.63) is 28.2 Å². The van der Waals surface area contributed by atoms with Crippen LogP contribution in [0.4, 0.5) is 0 Å². The Morgan fingerprint density at radius 1 is 1.53 bits per heavy atom. The van der Waals surface area contributed by atoms with E-state index in [2.05, 4.69) is 10.3 Å². The van der Waals surface area contributed by atoms with Gasteiger partial charge >= 0.3 is 5.76 Å². The fourth-order valence-corrected chi connectivity index (χ4v) is 1.53. The van der Waals surface area contributed by atoms with Gasteiger partial charge < -0.3 is 14.8 Å². The number of benzene rings is 1. The van der Waals surface area contributed by atoms with Gasteiger partial charge in [-0.15, -0.1) is 0 Å². The fraction of sp³-hybridized carbons (Fsp3) is 0.300. The number of aromatic amines is 1. The molecule has 1 heterocycles. The highest BCUT2D eigenvalue weighted by molar-refractivity contribution is 5.82. The molecule has 1 aromatic heterocycles. The van der Waals surface area contributed by atoms with E-state index in [-0.39, 0.29) is 5.75 Å². The van der Waals surface area contributed by atoms with Crippen LogP contribution in [-0.2, 0) is 6.42 Å². The van der Waals surface area contributed by atoms with E-state index in [1.165, 1.54) is 0 Å². The van der Waals surface area contributed by atoms with Crippen LogP contribution < -0.4 is 11.1 Å². The van der Waals surface area contributed by atoms with Gasteiger partial charge in [-0.05, 0) is 31.6 Å². The second-order valence-corrected chi connectivity index (χ2v) is 3.32. The van der Waals surface area contributed by atoms with E-state index in [0.717, 1.165) is 18.5 Å². The molecule has 5 nitrogen and oxygen atoms in total. The Hall–Kier alpha value is -1.75. The van der Waals surface area contributed by atoms with E-state index < -0.39 is 5.76 Å². The molecule has 0 saturated heterocycles. The van der Waals surface area contributed by atoms with Gasteiger partial charge in [-0.2, -0.15) is 0 Å². The molecule has 15 heavy (non-hydrogen) atoms. The van der Waals surface area contributed by atoms with Crippen molar-refractivity contribution in [2.24, 2.45) is 0 Å². The summed E-state index contributed by atoms with van der Waals surface area (Å²) in [6.07, 6.45) is 0.744. The number of aromatic hydroxyl groups is 1. The van der Waals surface area contributed by atoms with Crippen molar-refractivity contribution < 1.29 is 9.52 Å². The van der Waals surface area contributed by atoms with Crippen molar-refractivity contribution in [2.75, 3.05) is 13.6 Å². The van der Waals surface area contributed by atoms with Crippen molar-refractivity contribution in [3.8, 4) is 5.75 Å². The van der Waals surface area contributed by atoms with Crippen molar-refractivity contribution in [1.29, 1.82) is 0 Å². The van der Waals surface area contributed by atoms with Gasteiger partial charge in [0.15, 0.2) is 5.58 Å². The Morgan fingerprint density at radius 2 is 2.33 bits per heavy atom. The minimum Gasteiger partial charge on any atom is -0.506 e. The summed E-state index contributed by atoms with van der Waals surface area (Å²) < 4.78 is 4.98. The molecular weight excluding hydrogens is 196 g/mol. The number of phenolic OH excluding ortho intramolecular Hbond substituents is 1. The van der Waals surface area contributed by atoms with Crippen LogP contribution in [-0.4, -0.2) is 23.7 Å². The molecule has 0 spiro atoms. The molecule has 0 radical (unpaired) electrons. The molecule has 0 atom stereocenters. The van der Waals surface area contributed by atoms with Crippen molar-refractivity contribution >= 4 is 11.1 Å². The first-order valence-electron chi connectivity index (χ1n) is 4.70. The van der Waals surface area contributed by atoms with Crippen LogP contribution in [0.2, 0.25) is 0 Å². The van der Waals surface area contributed by atoms with E-state index in [1.807, 2.05) is 7.05 Å².